The second-order valence-electron chi connectivity index (χ2n) is 3.54. The van der Waals surface area contributed by atoms with Crippen molar-refractivity contribution < 1.29 is 14.1 Å². The third-order valence-corrected chi connectivity index (χ3v) is 2.38. The van der Waals surface area contributed by atoms with E-state index in [1.165, 1.54) is 0 Å². The van der Waals surface area contributed by atoms with Crippen LogP contribution >= 0.6 is 0 Å². The van der Waals surface area contributed by atoms with Gasteiger partial charge >= 0.3 is 0 Å². The smallest absolute Gasteiger partial charge is 0.142 e. The molecule has 2 heterocycles. The van der Waals surface area contributed by atoms with Crippen molar-refractivity contribution in [1.82, 2.24) is 5.16 Å². The van der Waals surface area contributed by atoms with E-state index in [9.17, 15) is 4.79 Å². The third-order valence-electron chi connectivity index (χ3n) is 2.38. The van der Waals surface area contributed by atoms with Crippen molar-refractivity contribution in [1.29, 1.82) is 0 Å². The number of nitrogens with zero attached hydrogens (tertiary/aromatic N) is 1. The van der Waals surface area contributed by atoms with Gasteiger partial charge < -0.3 is 14.1 Å². The van der Waals surface area contributed by atoms with Crippen LogP contribution in [0.5, 0.6) is 0 Å². The number of ether oxygens (including phenoxy) is 1. The summed E-state index contributed by atoms with van der Waals surface area (Å²) in [5.74, 6) is 0.988. The molecule has 0 aromatic carbocycles. The maximum absolute atomic E-state index is 10.8. The lowest BCUT2D eigenvalue weighted by Gasteiger charge is -2.10. The molecule has 0 saturated heterocycles. The van der Waals surface area contributed by atoms with Gasteiger partial charge in [0.05, 0.1) is 18.9 Å². The molecule has 0 aliphatic carbocycles. The Kier molecular flexibility index (Phi) is 2.63. The van der Waals surface area contributed by atoms with Crippen LogP contribution in [0.25, 0.3) is 0 Å². The molecule has 0 fully saturated rings. The summed E-state index contributed by atoms with van der Waals surface area (Å²) in [4.78, 5) is 10.8. The van der Waals surface area contributed by atoms with E-state index in [1.807, 2.05) is 0 Å². The van der Waals surface area contributed by atoms with Crippen molar-refractivity contribution in [2.45, 2.75) is 32.8 Å². The van der Waals surface area contributed by atoms with Gasteiger partial charge in [-0.25, -0.2) is 0 Å². The highest BCUT2D eigenvalue weighted by molar-refractivity contribution is 5.75. The number of fused-ring (bicyclic) bond motifs is 1. The van der Waals surface area contributed by atoms with Gasteiger partial charge in [-0.05, 0) is 6.92 Å². The Hall–Kier alpha value is -1.16. The number of aromatic nitrogens is 1. The number of carbonyl (C=O) groups is 1. The molecule has 1 aliphatic heterocycles. The number of hydrogen-bond acceptors (Lipinski definition) is 4. The SMILES string of the molecule is CC(=O)CCc1onc2c1COCC2. The standard InChI is InChI=1S/C10H13NO3/c1-7(12)2-3-10-8-6-13-5-4-9(8)11-14-10/h2-6H2,1H3. The van der Waals surface area contributed by atoms with Crippen molar-refractivity contribution in [3.05, 3.63) is 17.0 Å². The Balaban J connectivity index is 2.10. The zero-order chi connectivity index (χ0) is 9.97. The fourth-order valence-electron chi connectivity index (χ4n) is 1.57. The van der Waals surface area contributed by atoms with E-state index in [0.717, 1.165) is 23.4 Å². The van der Waals surface area contributed by atoms with Crippen molar-refractivity contribution in [3.63, 3.8) is 0 Å². The summed E-state index contributed by atoms with van der Waals surface area (Å²) in [5.41, 5.74) is 2.05. The highest BCUT2D eigenvalue weighted by atomic mass is 16.5. The summed E-state index contributed by atoms with van der Waals surface area (Å²) >= 11 is 0. The highest BCUT2D eigenvalue weighted by Crippen LogP contribution is 2.21. The molecule has 76 valence electrons. The number of ketones is 1. The maximum Gasteiger partial charge on any atom is 0.142 e. The predicted octanol–water partition coefficient (Wildman–Crippen LogP) is 1.27. The lowest BCUT2D eigenvalue weighted by Crippen LogP contribution is -2.10. The minimum Gasteiger partial charge on any atom is -0.376 e. The van der Waals surface area contributed by atoms with Crippen LogP contribution in [0.1, 0.15) is 30.4 Å². The Bertz CT molecular complexity index is 343. The first kappa shape index (κ1) is 9.40. The lowest BCUT2D eigenvalue weighted by molar-refractivity contribution is -0.117. The van der Waals surface area contributed by atoms with Crippen LogP contribution in [0.3, 0.4) is 0 Å². The van der Waals surface area contributed by atoms with Crippen molar-refractivity contribution in [3.8, 4) is 0 Å². The molecule has 2 rings (SSSR count). The number of rotatable bonds is 3. The largest absolute Gasteiger partial charge is 0.376 e. The average Bonchev–Trinajstić information content (AvgIpc) is 2.58. The van der Waals surface area contributed by atoms with E-state index >= 15 is 0 Å². The summed E-state index contributed by atoms with van der Waals surface area (Å²) in [6, 6.07) is 0. The van der Waals surface area contributed by atoms with Crippen molar-refractivity contribution in [2.24, 2.45) is 0 Å². The second kappa shape index (κ2) is 3.92. The van der Waals surface area contributed by atoms with Crippen molar-refractivity contribution in [2.75, 3.05) is 6.61 Å². The molecule has 1 aliphatic rings. The quantitative estimate of drug-likeness (QED) is 0.728. The Morgan fingerprint density at radius 3 is 3.21 bits per heavy atom. The predicted molar refractivity (Wildman–Crippen MR) is 48.9 cm³/mol. The molecule has 14 heavy (non-hydrogen) atoms. The minimum absolute atomic E-state index is 0.173. The van der Waals surface area contributed by atoms with Crippen LogP contribution < -0.4 is 0 Å². The fourth-order valence-corrected chi connectivity index (χ4v) is 1.57. The number of carbonyl (C=O) groups excluding carboxylic acids is 1. The monoisotopic (exact) mass is 195 g/mol. The molecule has 1 aromatic rings. The van der Waals surface area contributed by atoms with Gasteiger partial charge in [0, 0.05) is 24.8 Å². The van der Waals surface area contributed by atoms with Crippen LogP contribution in [0.4, 0.5) is 0 Å². The summed E-state index contributed by atoms with van der Waals surface area (Å²) in [6.07, 6.45) is 1.97. The topological polar surface area (TPSA) is 52.3 Å². The molecule has 0 amide bonds. The summed E-state index contributed by atoms with van der Waals surface area (Å²) in [6.45, 7) is 2.87. The first-order valence-corrected chi connectivity index (χ1v) is 4.81. The molecule has 1 aromatic heterocycles. The van der Waals surface area contributed by atoms with Crippen LogP contribution in [-0.2, 0) is 29.0 Å². The minimum atomic E-state index is 0.173. The molecule has 0 spiro atoms. The van der Waals surface area contributed by atoms with E-state index in [1.54, 1.807) is 6.92 Å². The maximum atomic E-state index is 10.8. The van der Waals surface area contributed by atoms with Crippen LogP contribution in [0.15, 0.2) is 4.52 Å². The summed E-state index contributed by atoms with van der Waals surface area (Å²) in [7, 11) is 0. The van der Waals surface area contributed by atoms with Crippen LogP contribution in [0.2, 0.25) is 0 Å². The summed E-state index contributed by atoms with van der Waals surface area (Å²) < 4.78 is 10.5. The van der Waals surface area contributed by atoms with Gasteiger partial charge in [-0.2, -0.15) is 0 Å². The first-order chi connectivity index (χ1) is 6.77. The molecule has 0 saturated carbocycles. The van der Waals surface area contributed by atoms with E-state index < -0.39 is 0 Å². The van der Waals surface area contributed by atoms with Crippen LogP contribution in [-0.4, -0.2) is 17.5 Å². The van der Waals surface area contributed by atoms with E-state index in [0.29, 0.717) is 26.1 Å². The number of hydrogen-bond donors (Lipinski definition) is 0. The van der Waals surface area contributed by atoms with Gasteiger partial charge in [0.2, 0.25) is 0 Å². The van der Waals surface area contributed by atoms with Gasteiger partial charge in [0.15, 0.2) is 0 Å². The third kappa shape index (κ3) is 1.85. The zero-order valence-electron chi connectivity index (χ0n) is 8.21. The number of Topliss-reactive ketones (excluding diaryl/α,β-unsaturated/α-hetero) is 1. The number of aryl methyl sites for hydroxylation is 1. The van der Waals surface area contributed by atoms with E-state index in [2.05, 4.69) is 5.16 Å². The summed E-state index contributed by atoms with van der Waals surface area (Å²) in [5, 5.41) is 3.97. The molecular formula is C10H13NO3. The lowest BCUT2D eigenvalue weighted by atomic mass is 10.1. The van der Waals surface area contributed by atoms with Gasteiger partial charge in [-0.1, -0.05) is 5.16 Å². The van der Waals surface area contributed by atoms with Crippen molar-refractivity contribution >= 4 is 5.78 Å². The van der Waals surface area contributed by atoms with Crippen LogP contribution in [0, 0.1) is 0 Å². The average molecular weight is 195 g/mol. The Morgan fingerprint density at radius 2 is 2.43 bits per heavy atom. The molecule has 0 unspecified atom stereocenters. The van der Waals surface area contributed by atoms with Gasteiger partial charge in [0.25, 0.3) is 0 Å². The van der Waals surface area contributed by atoms with E-state index in [-0.39, 0.29) is 5.78 Å². The molecule has 0 N–H and O–H groups in total. The van der Waals surface area contributed by atoms with Gasteiger partial charge in [0.1, 0.15) is 11.5 Å². The first-order valence-electron chi connectivity index (χ1n) is 4.81. The molecule has 4 heteroatoms. The Labute approximate surface area is 82.2 Å². The second-order valence-corrected chi connectivity index (χ2v) is 3.54. The zero-order valence-corrected chi connectivity index (χ0v) is 8.21. The molecule has 0 atom stereocenters. The van der Waals surface area contributed by atoms with Gasteiger partial charge in [-0.3, -0.25) is 0 Å². The normalized spacial score (nSPS) is 15.2. The molecule has 0 bridgehead atoms. The Morgan fingerprint density at radius 1 is 1.57 bits per heavy atom. The molecular weight excluding hydrogens is 182 g/mol. The molecule has 0 radical (unpaired) electrons. The molecule has 4 nitrogen and oxygen atoms in total. The fraction of sp³-hybridized carbons (Fsp3) is 0.600. The highest BCUT2D eigenvalue weighted by Gasteiger charge is 2.19. The van der Waals surface area contributed by atoms with E-state index in [4.69, 9.17) is 9.26 Å². The van der Waals surface area contributed by atoms with Gasteiger partial charge in [-0.15, -0.1) is 0 Å².